The van der Waals surface area contributed by atoms with Gasteiger partial charge in [0.05, 0.1) is 23.4 Å². The molecule has 6 nitrogen and oxygen atoms in total. The summed E-state index contributed by atoms with van der Waals surface area (Å²) < 4.78 is 7.08. The van der Waals surface area contributed by atoms with Gasteiger partial charge in [-0.3, -0.25) is 9.59 Å². The number of aromatic nitrogens is 1. The Balaban J connectivity index is 1.76. The predicted octanol–water partition coefficient (Wildman–Crippen LogP) is 5.06. The van der Waals surface area contributed by atoms with Gasteiger partial charge in [-0.05, 0) is 61.5 Å². The number of pyridine rings is 1. The second kappa shape index (κ2) is 8.53. The van der Waals surface area contributed by atoms with Gasteiger partial charge in [0, 0.05) is 22.5 Å². The Morgan fingerprint density at radius 2 is 1.84 bits per heavy atom. The van der Waals surface area contributed by atoms with E-state index in [0.717, 1.165) is 0 Å². The SMILES string of the molecule is CCOc1ccc(C(=O)c2c(N)c(C(=O)Nc3cccc(Cl)c3)c3ccccn23)cc1. The largest absolute Gasteiger partial charge is 0.494 e. The van der Waals surface area contributed by atoms with E-state index in [2.05, 4.69) is 5.32 Å². The Morgan fingerprint density at radius 3 is 2.55 bits per heavy atom. The molecule has 2 aromatic heterocycles. The molecule has 2 heterocycles. The van der Waals surface area contributed by atoms with Crippen molar-refractivity contribution in [3.8, 4) is 5.75 Å². The molecule has 0 radical (unpaired) electrons. The molecule has 0 spiro atoms. The molecular weight excluding hydrogens is 414 g/mol. The number of fused-ring (bicyclic) bond motifs is 1. The van der Waals surface area contributed by atoms with Crippen molar-refractivity contribution in [2.45, 2.75) is 6.92 Å². The molecule has 31 heavy (non-hydrogen) atoms. The summed E-state index contributed by atoms with van der Waals surface area (Å²) >= 11 is 6.01. The number of carbonyl (C=O) groups excluding carboxylic acids is 2. The zero-order valence-electron chi connectivity index (χ0n) is 16.8. The number of nitrogen functional groups attached to an aromatic ring is 1. The minimum absolute atomic E-state index is 0.115. The van der Waals surface area contributed by atoms with Crippen LogP contribution in [0.5, 0.6) is 5.75 Å². The number of hydrogen-bond donors (Lipinski definition) is 2. The molecule has 4 aromatic rings. The van der Waals surface area contributed by atoms with Gasteiger partial charge in [-0.25, -0.2) is 0 Å². The molecule has 1 amide bonds. The second-order valence-corrected chi connectivity index (χ2v) is 7.28. The molecule has 0 bridgehead atoms. The summed E-state index contributed by atoms with van der Waals surface area (Å²) in [5.41, 5.74) is 8.46. The number of nitrogens with one attached hydrogen (secondary N) is 1. The Hall–Kier alpha value is -3.77. The van der Waals surface area contributed by atoms with E-state index in [4.69, 9.17) is 22.1 Å². The zero-order valence-corrected chi connectivity index (χ0v) is 17.5. The molecule has 2 aromatic carbocycles. The fourth-order valence-corrected chi connectivity index (χ4v) is 3.65. The first-order valence-electron chi connectivity index (χ1n) is 9.72. The number of hydrogen-bond acceptors (Lipinski definition) is 4. The number of rotatable bonds is 6. The highest BCUT2D eigenvalue weighted by Gasteiger charge is 2.26. The highest BCUT2D eigenvalue weighted by atomic mass is 35.5. The molecule has 3 N–H and O–H groups in total. The molecule has 7 heteroatoms. The van der Waals surface area contributed by atoms with Crippen molar-refractivity contribution < 1.29 is 14.3 Å². The van der Waals surface area contributed by atoms with Gasteiger partial charge in [0.1, 0.15) is 11.4 Å². The van der Waals surface area contributed by atoms with E-state index in [1.807, 2.05) is 6.92 Å². The van der Waals surface area contributed by atoms with E-state index in [9.17, 15) is 9.59 Å². The number of ether oxygens (including phenoxy) is 1. The second-order valence-electron chi connectivity index (χ2n) is 6.84. The smallest absolute Gasteiger partial charge is 0.259 e. The minimum Gasteiger partial charge on any atom is -0.494 e. The van der Waals surface area contributed by atoms with Gasteiger partial charge >= 0.3 is 0 Å². The van der Waals surface area contributed by atoms with Gasteiger partial charge in [0.2, 0.25) is 5.78 Å². The Kier molecular flexibility index (Phi) is 5.64. The van der Waals surface area contributed by atoms with Crippen molar-refractivity contribution in [3.05, 3.63) is 94.8 Å². The van der Waals surface area contributed by atoms with Crippen LogP contribution in [0.3, 0.4) is 0 Å². The van der Waals surface area contributed by atoms with Crippen LogP contribution in [0.4, 0.5) is 11.4 Å². The van der Waals surface area contributed by atoms with Crippen LogP contribution in [0.15, 0.2) is 72.9 Å². The number of amides is 1. The van der Waals surface area contributed by atoms with E-state index in [-0.39, 0.29) is 22.7 Å². The molecule has 0 aliphatic carbocycles. The number of ketones is 1. The fraction of sp³-hybridized carbons (Fsp3) is 0.0833. The van der Waals surface area contributed by atoms with E-state index < -0.39 is 5.91 Å². The Morgan fingerprint density at radius 1 is 1.06 bits per heavy atom. The van der Waals surface area contributed by atoms with Gasteiger partial charge in [-0.15, -0.1) is 0 Å². The maximum Gasteiger partial charge on any atom is 0.259 e. The van der Waals surface area contributed by atoms with Gasteiger partial charge in [-0.1, -0.05) is 23.7 Å². The lowest BCUT2D eigenvalue weighted by atomic mass is 10.1. The van der Waals surface area contributed by atoms with Crippen LogP contribution in [0.2, 0.25) is 5.02 Å². The first-order chi connectivity index (χ1) is 15.0. The van der Waals surface area contributed by atoms with Crippen LogP contribution in [0.25, 0.3) is 5.52 Å². The maximum absolute atomic E-state index is 13.3. The molecular formula is C24H20ClN3O3. The van der Waals surface area contributed by atoms with Crippen LogP contribution in [-0.4, -0.2) is 22.7 Å². The normalized spacial score (nSPS) is 10.8. The number of nitrogens with zero attached hydrogens (tertiary/aromatic N) is 1. The topological polar surface area (TPSA) is 85.8 Å². The van der Waals surface area contributed by atoms with Gasteiger partial charge in [-0.2, -0.15) is 0 Å². The summed E-state index contributed by atoms with van der Waals surface area (Å²) in [6.45, 7) is 2.43. The summed E-state index contributed by atoms with van der Waals surface area (Å²) in [7, 11) is 0. The van der Waals surface area contributed by atoms with Crippen LogP contribution >= 0.6 is 11.6 Å². The predicted molar refractivity (Wildman–Crippen MR) is 122 cm³/mol. The molecule has 0 fully saturated rings. The molecule has 0 saturated heterocycles. The third kappa shape index (κ3) is 3.98. The summed E-state index contributed by atoms with van der Waals surface area (Å²) in [4.78, 5) is 26.4. The van der Waals surface area contributed by atoms with Crippen LogP contribution in [0.1, 0.15) is 33.3 Å². The third-order valence-electron chi connectivity index (χ3n) is 4.83. The van der Waals surface area contributed by atoms with Gasteiger partial charge in [0.15, 0.2) is 0 Å². The van der Waals surface area contributed by atoms with Crippen molar-refractivity contribution in [2.75, 3.05) is 17.7 Å². The van der Waals surface area contributed by atoms with Crippen molar-refractivity contribution in [3.63, 3.8) is 0 Å². The average molecular weight is 434 g/mol. The lowest BCUT2D eigenvalue weighted by molar-refractivity contribution is 0.102. The highest BCUT2D eigenvalue weighted by Crippen LogP contribution is 2.30. The Bertz CT molecular complexity index is 1280. The molecule has 156 valence electrons. The van der Waals surface area contributed by atoms with E-state index >= 15 is 0 Å². The number of anilines is 2. The summed E-state index contributed by atoms with van der Waals surface area (Å²) in [6.07, 6.45) is 1.71. The first kappa shape index (κ1) is 20.5. The zero-order chi connectivity index (χ0) is 22.0. The van der Waals surface area contributed by atoms with Crippen LogP contribution in [-0.2, 0) is 0 Å². The van der Waals surface area contributed by atoms with Crippen molar-refractivity contribution >= 4 is 40.2 Å². The van der Waals surface area contributed by atoms with E-state index in [1.54, 1.807) is 77.3 Å². The molecule has 0 aliphatic rings. The van der Waals surface area contributed by atoms with E-state index in [1.165, 1.54) is 0 Å². The first-order valence-corrected chi connectivity index (χ1v) is 10.1. The lowest BCUT2D eigenvalue weighted by Gasteiger charge is -2.06. The number of carbonyl (C=O) groups is 2. The van der Waals surface area contributed by atoms with Crippen molar-refractivity contribution in [2.24, 2.45) is 0 Å². The summed E-state index contributed by atoms with van der Waals surface area (Å²) in [5, 5.41) is 3.30. The van der Waals surface area contributed by atoms with Crippen LogP contribution in [0, 0.1) is 0 Å². The lowest BCUT2D eigenvalue weighted by Crippen LogP contribution is -2.14. The van der Waals surface area contributed by atoms with Gasteiger partial charge < -0.3 is 20.2 Å². The molecule has 0 aliphatic heterocycles. The highest BCUT2D eigenvalue weighted by molar-refractivity contribution is 6.31. The Labute approximate surface area is 184 Å². The molecule has 0 unspecified atom stereocenters. The molecule has 4 rings (SSSR count). The van der Waals surface area contributed by atoms with Gasteiger partial charge in [0.25, 0.3) is 5.91 Å². The van der Waals surface area contributed by atoms with Crippen LogP contribution < -0.4 is 15.8 Å². The molecule has 0 saturated carbocycles. The van der Waals surface area contributed by atoms with Crippen molar-refractivity contribution in [1.29, 1.82) is 0 Å². The standard InChI is InChI=1S/C24H20ClN3O3/c1-2-31-18-11-9-15(10-12-18)23(29)22-21(26)20(19-8-3-4-13-28(19)22)24(30)27-17-7-5-6-16(25)14-17/h3-14H,2,26H2,1H3,(H,27,30). The fourth-order valence-electron chi connectivity index (χ4n) is 3.46. The number of nitrogens with two attached hydrogens (primary N) is 1. The monoisotopic (exact) mass is 433 g/mol. The maximum atomic E-state index is 13.3. The summed E-state index contributed by atoms with van der Waals surface area (Å²) in [6, 6.07) is 19.0. The quantitative estimate of drug-likeness (QED) is 0.416. The average Bonchev–Trinajstić information content (AvgIpc) is 3.06. The minimum atomic E-state index is -0.422. The summed E-state index contributed by atoms with van der Waals surface area (Å²) in [5.74, 6) is -0.0357. The number of benzene rings is 2. The van der Waals surface area contributed by atoms with Crippen molar-refractivity contribution in [1.82, 2.24) is 4.40 Å². The third-order valence-corrected chi connectivity index (χ3v) is 5.07. The number of halogens is 1. The molecule has 0 atom stereocenters. The van der Waals surface area contributed by atoms with E-state index in [0.29, 0.717) is 34.1 Å².